The largest absolute Gasteiger partial charge is 0.465 e. The predicted octanol–water partition coefficient (Wildman–Crippen LogP) is 3.38. The minimum atomic E-state index is -0.734. The molecule has 0 bridgehead atoms. The van der Waals surface area contributed by atoms with Crippen molar-refractivity contribution in [2.45, 2.75) is 26.1 Å². The summed E-state index contributed by atoms with van der Waals surface area (Å²) in [5.74, 6) is 0.760. The minimum Gasteiger partial charge on any atom is -0.465 e. The average Bonchev–Trinajstić information content (AvgIpc) is 2.42. The van der Waals surface area contributed by atoms with E-state index in [1.807, 2.05) is 49.4 Å². The summed E-state index contributed by atoms with van der Waals surface area (Å²) in [7, 11) is 0. The predicted molar refractivity (Wildman–Crippen MR) is 72.6 cm³/mol. The third-order valence-corrected chi connectivity index (χ3v) is 2.82. The lowest BCUT2D eigenvalue weighted by atomic mass is 10.0. The molecule has 0 fully saturated rings. The zero-order valence-electron chi connectivity index (χ0n) is 10.5. The first-order valence-electron chi connectivity index (χ1n) is 6.26. The molecular weight excluding hydrogens is 224 g/mol. The van der Waals surface area contributed by atoms with Crippen molar-refractivity contribution in [3.8, 4) is 5.75 Å². The average molecular weight is 242 g/mol. The smallest absolute Gasteiger partial charge is 0.197 e. The zero-order chi connectivity index (χ0) is 12.8. The van der Waals surface area contributed by atoms with Gasteiger partial charge in [-0.25, -0.2) is 0 Å². The molecule has 94 valence electrons. The zero-order valence-corrected chi connectivity index (χ0v) is 10.5. The number of ether oxygens (including phenoxy) is 1. The van der Waals surface area contributed by atoms with E-state index in [0.29, 0.717) is 6.42 Å². The van der Waals surface area contributed by atoms with Gasteiger partial charge >= 0.3 is 0 Å². The Morgan fingerprint density at radius 2 is 1.67 bits per heavy atom. The molecule has 1 atom stereocenters. The third kappa shape index (κ3) is 3.34. The highest BCUT2D eigenvalue weighted by atomic mass is 16.6. The second kappa shape index (κ2) is 6.22. The highest BCUT2D eigenvalue weighted by Crippen LogP contribution is 2.22. The lowest BCUT2D eigenvalue weighted by Gasteiger charge is -2.15. The Bertz CT molecular complexity index is 479. The van der Waals surface area contributed by atoms with Gasteiger partial charge in [0.05, 0.1) is 0 Å². The summed E-state index contributed by atoms with van der Waals surface area (Å²) in [6.07, 6.45) is 0.662. The van der Waals surface area contributed by atoms with Crippen molar-refractivity contribution >= 4 is 0 Å². The quantitative estimate of drug-likeness (QED) is 0.814. The molecule has 0 amide bonds. The van der Waals surface area contributed by atoms with Crippen LogP contribution in [0.15, 0.2) is 54.6 Å². The van der Waals surface area contributed by atoms with Crippen LogP contribution in [0.25, 0.3) is 0 Å². The number of hydrogen-bond donors (Lipinski definition) is 1. The molecule has 1 unspecified atom stereocenters. The standard InChI is InChI=1S/C16H18O2/c1-2-16(17)18-15-11-7-6-10-14(15)12-13-8-4-3-5-9-13/h3-11,16-17H,2,12H2,1H3. The molecule has 0 aliphatic heterocycles. The van der Waals surface area contributed by atoms with E-state index in [-0.39, 0.29) is 0 Å². The van der Waals surface area contributed by atoms with Gasteiger partial charge in [-0.3, -0.25) is 0 Å². The molecule has 0 saturated carbocycles. The van der Waals surface area contributed by atoms with Crippen LogP contribution in [0.1, 0.15) is 24.5 Å². The van der Waals surface area contributed by atoms with Gasteiger partial charge in [0, 0.05) is 12.8 Å². The first-order valence-corrected chi connectivity index (χ1v) is 6.26. The Morgan fingerprint density at radius 1 is 1.00 bits per heavy atom. The number of aliphatic hydroxyl groups is 1. The van der Waals surface area contributed by atoms with E-state index in [2.05, 4.69) is 12.1 Å². The second-order valence-electron chi connectivity index (χ2n) is 4.25. The summed E-state index contributed by atoms with van der Waals surface area (Å²) in [6.45, 7) is 1.89. The number of aliphatic hydroxyl groups excluding tert-OH is 1. The van der Waals surface area contributed by atoms with Crippen molar-refractivity contribution in [3.63, 3.8) is 0 Å². The summed E-state index contributed by atoms with van der Waals surface area (Å²) in [6, 6.07) is 18.1. The molecule has 2 heteroatoms. The maximum atomic E-state index is 9.58. The highest BCUT2D eigenvalue weighted by molar-refractivity contribution is 5.37. The molecule has 2 rings (SSSR count). The van der Waals surface area contributed by atoms with Gasteiger partial charge in [0.2, 0.25) is 0 Å². The van der Waals surface area contributed by atoms with E-state index in [4.69, 9.17) is 4.74 Å². The van der Waals surface area contributed by atoms with Crippen LogP contribution in [0, 0.1) is 0 Å². The molecule has 2 aromatic carbocycles. The van der Waals surface area contributed by atoms with Crippen LogP contribution in [0.3, 0.4) is 0 Å². The van der Waals surface area contributed by atoms with E-state index < -0.39 is 6.29 Å². The van der Waals surface area contributed by atoms with Crippen molar-refractivity contribution < 1.29 is 9.84 Å². The van der Waals surface area contributed by atoms with E-state index in [1.165, 1.54) is 5.56 Å². The van der Waals surface area contributed by atoms with Crippen LogP contribution in [0.5, 0.6) is 5.75 Å². The number of para-hydroxylation sites is 1. The van der Waals surface area contributed by atoms with Crippen molar-refractivity contribution in [2.24, 2.45) is 0 Å². The number of rotatable bonds is 5. The van der Waals surface area contributed by atoms with Crippen LogP contribution >= 0.6 is 0 Å². The summed E-state index contributed by atoms with van der Waals surface area (Å²) in [4.78, 5) is 0. The molecule has 0 aliphatic rings. The minimum absolute atomic E-state index is 0.583. The molecule has 0 aliphatic carbocycles. The van der Waals surface area contributed by atoms with Crippen LogP contribution in [0.2, 0.25) is 0 Å². The molecule has 2 aromatic rings. The molecule has 0 saturated heterocycles. The molecule has 0 spiro atoms. The molecule has 2 nitrogen and oxygen atoms in total. The van der Waals surface area contributed by atoms with Crippen LogP contribution in [-0.2, 0) is 6.42 Å². The van der Waals surface area contributed by atoms with Crippen LogP contribution in [-0.4, -0.2) is 11.4 Å². The second-order valence-corrected chi connectivity index (χ2v) is 4.25. The number of benzene rings is 2. The highest BCUT2D eigenvalue weighted by Gasteiger charge is 2.07. The van der Waals surface area contributed by atoms with Gasteiger partial charge in [-0.2, -0.15) is 0 Å². The maximum Gasteiger partial charge on any atom is 0.197 e. The fourth-order valence-corrected chi connectivity index (χ4v) is 1.81. The van der Waals surface area contributed by atoms with Gasteiger partial charge in [-0.1, -0.05) is 55.5 Å². The fraction of sp³-hybridized carbons (Fsp3) is 0.250. The Morgan fingerprint density at radius 3 is 2.39 bits per heavy atom. The Labute approximate surface area is 108 Å². The molecule has 0 radical (unpaired) electrons. The van der Waals surface area contributed by atoms with Crippen molar-refractivity contribution in [2.75, 3.05) is 0 Å². The molecule has 18 heavy (non-hydrogen) atoms. The third-order valence-electron chi connectivity index (χ3n) is 2.82. The van der Waals surface area contributed by atoms with Gasteiger partial charge in [0.1, 0.15) is 5.75 Å². The monoisotopic (exact) mass is 242 g/mol. The van der Waals surface area contributed by atoms with Gasteiger partial charge < -0.3 is 9.84 Å². The lowest BCUT2D eigenvalue weighted by molar-refractivity contribution is -0.0197. The van der Waals surface area contributed by atoms with E-state index in [9.17, 15) is 5.11 Å². The van der Waals surface area contributed by atoms with E-state index in [0.717, 1.165) is 17.7 Å². The molecule has 1 N–H and O–H groups in total. The first kappa shape index (κ1) is 12.7. The Kier molecular flexibility index (Phi) is 4.37. The van der Waals surface area contributed by atoms with Crippen molar-refractivity contribution in [1.82, 2.24) is 0 Å². The summed E-state index contributed by atoms with van der Waals surface area (Å²) >= 11 is 0. The molecule has 0 heterocycles. The van der Waals surface area contributed by atoms with Gasteiger partial charge in [-0.15, -0.1) is 0 Å². The Balaban J connectivity index is 2.17. The number of hydrogen-bond acceptors (Lipinski definition) is 2. The normalized spacial score (nSPS) is 12.1. The van der Waals surface area contributed by atoms with Gasteiger partial charge in [0.15, 0.2) is 6.29 Å². The summed E-state index contributed by atoms with van der Waals surface area (Å²) in [5, 5.41) is 9.58. The molecular formula is C16H18O2. The lowest BCUT2D eigenvalue weighted by Crippen LogP contribution is -2.14. The van der Waals surface area contributed by atoms with Gasteiger partial charge in [0.25, 0.3) is 0 Å². The Hall–Kier alpha value is -1.80. The SMILES string of the molecule is CCC(O)Oc1ccccc1Cc1ccccc1. The summed E-state index contributed by atoms with van der Waals surface area (Å²) < 4.78 is 5.52. The topological polar surface area (TPSA) is 29.5 Å². The van der Waals surface area contributed by atoms with Crippen molar-refractivity contribution in [1.29, 1.82) is 0 Å². The van der Waals surface area contributed by atoms with Crippen molar-refractivity contribution in [3.05, 3.63) is 65.7 Å². The molecule has 0 aromatic heterocycles. The van der Waals surface area contributed by atoms with Crippen LogP contribution in [0.4, 0.5) is 0 Å². The van der Waals surface area contributed by atoms with Crippen LogP contribution < -0.4 is 4.74 Å². The van der Waals surface area contributed by atoms with E-state index in [1.54, 1.807) is 0 Å². The van der Waals surface area contributed by atoms with Gasteiger partial charge in [-0.05, 0) is 17.2 Å². The summed E-state index contributed by atoms with van der Waals surface area (Å²) in [5.41, 5.74) is 2.33. The van der Waals surface area contributed by atoms with E-state index >= 15 is 0 Å². The fourth-order valence-electron chi connectivity index (χ4n) is 1.81. The maximum absolute atomic E-state index is 9.58. The first-order chi connectivity index (χ1) is 8.79.